The Morgan fingerprint density at radius 1 is 0.457 bits per heavy atom. The SMILES string of the molecule is c1ccc2c(c1)-c1ccc(N(c3ccc(-c4ccc5ccccc5c4)cc3)c3ccc4ccccc4c3)cc1C21CC2CCC1C2. The minimum Gasteiger partial charge on any atom is -0.310 e. The van der Waals surface area contributed by atoms with E-state index in [0.29, 0.717) is 0 Å². The Hall–Kier alpha value is -5.14. The van der Waals surface area contributed by atoms with Gasteiger partial charge in [0, 0.05) is 22.5 Å². The summed E-state index contributed by atoms with van der Waals surface area (Å²) < 4.78 is 0. The highest BCUT2D eigenvalue weighted by Crippen LogP contribution is 2.66. The van der Waals surface area contributed by atoms with Gasteiger partial charge < -0.3 is 4.90 Å². The predicted octanol–water partition coefficient (Wildman–Crippen LogP) is 12.2. The molecule has 46 heavy (non-hydrogen) atoms. The van der Waals surface area contributed by atoms with Gasteiger partial charge in [-0.15, -0.1) is 0 Å². The Morgan fingerprint density at radius 2 is 1.07 bits per heavy atom. The Labute approximate surface area is 270 Å². The molecule has 2 saturated carbocycles. The van der Waals surface area contributed by atoms with Crippen molar-refractivity contribution in [2.75, 3.05) is 4.90 Å². The van der Waals surface area contributed by atoms with Crippen LogP contribution in [0.1, 0.15) is 36.8 Å². The fraction of sp³-hybridized carbons (Fsp3) is 0.156. The standard InChI is InChI=1S/C45H35N/c1-3-9-34-26-36(15-14-31(34)7-1)33-16-20-38(21-17-33)46(39-22-18-32-8-2-4-10-35(32)27-39)40-23-24-42-41-11-5-6-12-43(41)45(44(42)28-40)29-30-13-19-37(45)25-30/h1-12,14-18,20-24,26-28,30,37H,13,19,25,29H2. The van der Waals surface area contributed by atoms with Gasteiger partial charge in [-0.2, -0.15) is 0 Å². The molecule has 3 unspecified atom stereocenters. The van der Waals surface area contributed by atoms with Crippen molar-refractivity contribution in [3.63, 3.8) is 0 Å². The first-order chi connectivity index (χ1) is 22.7. The fourth-order valence-corrected chi connectivity index (χ4v) is 9.45. The lowest BCUT2D eigenvalue weighted by Crippen LogP contribution is -2.32. The highest BCUT2D eigenvalue weighted by molar-refractivity contribution is 5.92. The second kappa shape index (κ2) is 9.93. The van der Waals surface area contributed by atoms with Gasteiger partial charge in [0.2, 0.25) is 0 Å². The molecule has 10 rings (SSSR count). The number of benzene rings is 7. The summed E-state index contributed by atoms with van der Waals surface area (Å²) in [6.07, 6.45) is 5.42. The van der Waals surface area contributed by atoms with Crippen LogP contribution in [0.2, 0.25) is 0 Å². The maximum Gasteiger partial charge on any atom is 0.0468 e. The molecule has 0 N–H and O–H groups in total. The molecule has 0 aromatic heterocycles. The van der Waals surface area contributed by atoms with Gasteiger partial charge in [0.1, 0.15) is 0 Å². The molecule has 3 aliphatic carbocycles. The van der Waals surface area contributed by atoms with Crippen molar-refractivity contribution in [1.82, 2.24) is 0 Å². The zero-order valence-electron chi connectivity index (χ0n) is 25.9. The van der Waals surface area contributed by atoms with E-state index in [1.807, 2.05) is 0 Å². The molecule has 0 radical (unpaired) electrons. The molecule has 3 atom stereocenters. The van der Waals surface area contributed by atoms with Gasteiger partial charge >= 0.3 is 0 Å². The topological polar surface area (TPSA) is 3.24 Å². The first-order valence-electron chi connectivity index (χ1n) is 16.9. The summed E-state index contributed by atoms with van der Waals surface area (Å²) in [7, 11) is 0. The molecule has 0 amide bonds. The largest absolute Gasteiger partial charge is 0.310 e. The molecule has 2 bridgehead atoms. The van der Waals surface area contributed by atoms with E-state index in [0.717, 1.165) is 11.8 Å². The molecule has 1 nitrogen and oxygen atoms in total. The van der Waals surface area contributed by atoms with Crippen LogP contribution in [0.25, 0.3) is 43.8 Å². The van der Waals surface area contributed by atoms with E-state index in [1.54, 1.807) is 11.1 Å². The van der Waals surface area contributed by atoms with Crippen LogP contribution in [0, 0.1) is 11.8 Å². The normalized spacial score (nSPS) is 20.8. The van der Waals surface area contributed by atoms with E-state index in [1.165, 1.54) is 86.5 Å². The van der Waals surface area contributed by atoms with Crippen LogP contribution in [0.3, 0.4) is 0 Å². The molecule has 0 saturated heterocycles. The lowest BCUT2D eigenvalue weighted by atomic mass is 9.67. The summed E-state index contributed by atoms with van der Waals surface area (Å²) in [5.41, 5.74) is 12.3. The Bertz CT molecular complexity index is 2300. The molecule has 1 heteroatoms. The summed E-state index contributed by atoms with van der Waals surface area (Å²) in [4.78, 5) is 2.47. The zero-order chi connectivity index (χ0) is 30.2. The van der Waals surface area contributed by atoms with Crippen LogP contribution in [-0.2, 0) is 5.41 Å². The van der Waals surface area contributed by atoms with Gasteiger partial charge in [-0.3, -0.25) is 0 Å². The van der Waals surface area contributed by atoms with Gasteiger partial charge in [0.25, 0.3) is 0 Å². The molecule has 1 spiro atoms. The van der Waals surface area contributed by atoms with Crippen molar-refractivity contribution in [2.24, 2.45) is 11.8 Å². The van der Waals surface area contributed by atoms with E-state index in [9.17, 15) is 0 Å². The minimum absolute atomic E-state index is 0.153. The third-order valence-electron chi connectivity index (χ3n) is 11.5. The summed E-state index contributed by atoms with van der Waals surface area (Å²) >= 11 is 0. The monoisotopic (exact) mass is 589 g/mol. The van der Waals surface area contributed by atoms with Crippen molar-refractivity contribution < 1.29 is 0 Å². The summed E-state index contributed by atoms with van der Waals surface area (Å²) in [6, 6.07) is 56.8. The number of hydrogen-bond acceptors (Lipinski definition) is 1. The van der Waals surface area contributed by atoms with Crippen LogP contribution in [-0.4, -0.2) is 0 Å². The number of fused-ring (bicyclic) bond motifs is 10. The zero-order valence-corrected chi connectivity index (χ0v) is 25.9. The van der Waals surface area contributed by atoms with Crippen LogP contribution in [0.15, 0.2) is 152 Å². The van der Waals surface area contributed by atoms with Crippen molar-refractivity contribution in [3.05, 3.63) is 163 Å². The van der Waals surface area contributed by atoms with Crippen molar-refractivity contribution in [2.45, 2.75) is 31.1 Å². The molecule has 7 aromatic rings. The minimum atomic E-state index is 0.153. The van der Waals surface area contributed by atoms with E-state index >= 15 is 0 Å². The number of nitrogens with zero attached hydrogens (tertiary/aromatic N) is 1. The maximum absolute atomic E-state index is 2.56. The molecule has 3 aliphatic rings. The van der Waals surface area contributed by atoms with E-state index in [-0.39, 0.29) is 5.41 Å². The van der Waals surface area contributed by atoms with Crippen LogP contribution >= 0.6 is 0 Å². The van der Waals surface area contributed by atoms with Crippen molar-refractivity contribution in [3.8, 4) is 22.3 Å². The van der Waals surface area contributed by atoms with Crippen LogP contribution in [0.4, 0.5) is 17.1 Å². The lowest BCUT2D eigenvalue weighted by Gasteiger charge is -2.37. The van der Waals surface area contributed by atoms with Gasteiger partial charge in [0.05, 0.1) is 0 Å². The summed E-state index contributed by atoms with van der Waals surface area (Å²) in [5, 5.41) is 5.08. The third-order valence-corrected chi connectivity index (χ3v) is 11.5. The number of anilines is 3. The Morgan fingerprint density at radius 3 is 1.83 bits per heavy atom. The quantitative estimate of drug-likeness (QED) is 0.197. The molecule has 2 fully saturated rings. The fourth-order valence-electron chi connectivity index (χ4n) is 9.45. The highest BCUT2D eigenvalue weighted by Gasteiger charge is 2.56. The predicted molar refractivity (Wildman–Crippen MR) is 193 cm³/mol. The number of rotatable bonds is 4. The van der Waals surface area contributed by atoms with Crippen LogP contribution in [0.5, 0.6) is 0 Å². The van der Waals surface area contributed by atoms with Gasteiger partial charge in [0.15, 0.2) is 0 Å². The molecule has 0 heterocycles. The second-order valence-corrected chi connectivity index (χ2v) is 13.8. The van der Waals surface area contributed by atoms with Gasteiger partial charge in [-0.1, -0.05) is 116 Å². The number of hydrogen-bond donors (Lipinski definition) is 0. The summed E-state index contributed by atoms with van der Waals surface area (Å²) in [6.45, 7) is 0. The molecule has 220 valence electrons. The van der Waals surface area contributed by atoms with Gasteiger partial charge in [-0.05, 0) is 128 Å². The first kappa shape index (κ1) is 26.1. The second-order valence-electron chi connectivity index (χ2n) is 13.8. The van der Waals surface area contributed by atoms with E-state index < -0.39 is 0 Å². The highest BCUT2D eigenvalue weighted by atomic mass is 15.1. The molecular weight excluding hydrogens is 555 g/mol. The van der Waals surface area contributed by atoms with Crippen molar-refractivity contribution >= 4 is 38.6 Å². The summed E-state index contributed by atoms with van der Waals surface area (Å²) in [5.74, 6) is 1.59. The van der Waals surface area contributed by atoms with Gasteiger partial charge in [-0.25, -0.2) is 0 Å². The van der Waals surface area contributed by atoms with E-state index in [2.05, 4.69) is 157 Å². The smallest absolute Gasteiger partial charge is 0.0468 e. The van der Waals surface area contributed by atoms with Crippen molar-refractivity contribution in [1.29, 1.82) is 0 Å². The lowest BCUT2D eigenvalue weighted by molar-refractivity contribution is 0.327. The van der Waals surface area contributed by atoms with E-state index in [4.69, 9.17) is 0 Å². The third kappa shape index (κ3) is 3.81. The molecule has 0 aliphatic heterocycles. The average molecular weight is 590 g/mol. The molecule has 7 aromatic carbocycles. The molecular formula is C45H35N. The Kier molecular flexibility index (Phi) is 5.64. The Balaban J connectivity index is 1.13. The first-order valence-corrected chi connectivity index (χ1v) is 16.9. The van der Waals surface area contributed by atoms with Crippen LogP contribution < -0.4 is 4.90 Å². The average Bonchev–Trinajstić information content (AvgIpc) is 3.81. The maximum atomic E-state index is 2.56.